The molecule has 1 saturated heterocycles. The van der Waals surface area contributed by atoms with Gasteiger partial charge in [0.2, 0.25) is 0 Å². The number of amides is 2. The predicted molar refractivity (Wildman–Crippen MR) is 76.6 cm³/mol. The molecule has 20 heavy (non-hydrogen) atoms. The second-order valence-electron chi connectivity index (χ2n) is 6.08. The van der Waals surface area contributed by atoms with Gasteiger partial charge in [0.1, 0.15) is 6.54 Å². The third-order valence-electron chi connectivity index (χ3n) is 4.78. The number of hydrogen-bond acceptors (Lipinski definition) is 2. The van der Waals surface area contributed by atoms with E-state index in [1.54, 1.807) is 4.90 Å². The van der Waals surface area contributed by atoms with Crippen molar-refractivity contribution in [3.63, 3.8) is 0 Å². The van der Waals surface area contributed by atoms with Crippen LogP contribution < -0.4 is 0 Å². The molecule has 5 heteroatoms. The van der Waals surface area contributed by atoms with Crippen LogP contribution in [0, 0.1) is 5.92 Å². The van der Waals surface area contributed by atoms with Gasteiger partial charge in [0.25, 0.3) is 0 Å². The number of piperidine rings is 1. The number of carbonyl (C=O) groups excluding carboxylic acids is 1. The molecule has 5 nitrogen and oxygen atoms in total. The highest BCUT2D eigenvalue weighted by molar-refractivity contribution is 5.80. The Bertz CT molecular complexity index is 345. The van der Waals surface area contributed by atoms with E-state index in [-0.39, 0.29) is 18.6 Å². The van der Waals surface area contributed by atoms with Gasteiger partial charge in [-0.2, -0.15) is 0 Å². The Balaban J connectivity index is 1.97. The maximum Gasteiger partial charge on any atom is 0.323 e. The highest BCUT2D eigenvalue weighted by Crippen LogP contribution is 2.26. The third kappa shape index (κ3) is 3.64. The van der Waals surface area contributed by atoms with E-state index < -0.39 is 5.97 Å². The molecule has 1 aliphatic carbocycles. The van der Waals surface area contributed by atoms with E-state index >= 15 is 0 Å². The van der Waals surface area contributed by atoms with Crippen molar-refractivity contribution in [2.45, 2.75) is 57.9 Å². The second kappa shape index (κ2) is 6.95. The predicted octanol–water partition coefficient (Wildman–Crippen LogP) is 2.56. The van der Waals surface area contributed by atoms with E-state index in [1.807, 2.05) is 4.90 Å². The molecule has 0 radical (unpaired) electrons. The average molecular weight is 282 g/mol. The number of hydrogen-bond donors (Lipinski definition) is 1. The SMILES string of the molecule is CCC1CCN(C(=O)N(CC(=O)O)C2CCCC2)CC1. The van der Waals surface area contributed by atoms with Gasteiger partial charge < -0.3 is 14.9 Å². The largest absolute Gasteiger partial charge is 0.480 e. The smallest absolute Gasteiger partial charge is 0.323 e. The van der Waals surface area contributed by atoms with Crippen molar-refractivity contribution < 1.29 is 14.7 Å². The van der Waals surface area contributed by atoms with Crippen LogP contribution in [-0.2, 0) is 4.79 Å². The first kappa shape index (κ1) is 15.1. The van der Waals surface area contributed by atoms with Crippen LogP contribution >= 0.6 is 0 Å². The van der Waals surface area contributed by atoms with Crippen molar-refractivity contribution in [1.82, 2.24) is 9.80 Å². The zero-order valence-electron chi connectivity index (χ0n) is 12.4. The van der Waals surface area contributed by atoms with Gasteiger partial charge in [-0.1, -0.05) is 26.2 Å². The molecule has 0 atom stereocenters. The number of urea groups is 1. The van der Waals surface area contributed by atoms with E-state index in [2.05, 4.69) is 6.92 Å². The minimum atomic E-state index is -0.909. The van der Waals surface area contributed by atoms with Crippen LogP contribution in [0.3, 0.4) is 0 Å². The lowest BCUT2D eigenvalue weighted by atomic mass is 9.94. The molecule has 0 spiro atoms. The summed E-state index contributed by atoms with van der Waals surface area (Å²) in [6, 6.07) is 0.0661. The monoisotopic (exact) mass is 282 g/mol. The summed E-state index contributed by atoms with van der Waals surface area (Å²) >= 11 is 0. The zero-order valence-corrected chi connectivity index (χ0v) is 12.4. The van der Waals surface area contributed by atoms with Gasteiger partial charge in [-0.05, 0) is 31.6 Å². The number of carboxylic acid groups (broad SMARTS) is 1. The standard InChI is InChI=1S/C15H26N2O3/c1-2-12-7-9-16(10-8-12)15(20)17(11-14(18)19)13-5-3-4-6-13/h12-13H,2-11H2,1H3,(H,18,19). The third-order valence-corrected chi connectivity index (χ3v) is 4.78. The van der Waals surface area contributed by atoms with Crippen molar-refractivity contribution in [2.75, 3.05) is 19.6 Å². The Labute approximate surface area is 120 Å². The molecule has 1 aliphatic heterocycles. The van der Waals surface area contributed by atoms with Crippen molar-refractivity contribution in [1.29, 1.82) is 0 Å². The molecule has 2 aliphatic rings. The number of likely N-dealkylation sites (tertiary alicyclic amines) is 1. The lowest BCUT2D eigenvalue weighted by Gasteiger charge is -2.37. The minimum absolute atomic E-state index is 0.0612. The van der Waals surface area contributed by atoms with Gasteiger partial charge in [0.15, 0.2) is 0 Å². The summed E-state index contributed by atoms with van der Waals surface area (Å²) in [5.41, 5.74) is 0. The van der Waals surface area contributed by atoms with Gasteiger partial charge in [-0.25, -0.2) is 4.79 Å². The van der Waals surface area contributed by atoms with Crippen LogP contribution in [-0.4, -0.2) is 52.6 Å². The Morgan fingerprint density at radius 1 is 1.15 bits per heavy atom. The van der Waals surface area contributed by atoms with Crippen molar-refractivity contribution >= 4 is 12.0 Å². The molecule has 0 bridgehead atoms. The first-order valence-corrected chi connectivity index (χ1v) is 7.89. The second-order valence-corrected chi connectivity index (χ2v) is 6.08. The lowest BCUT2D eigenvalue weighted by molar-refractivity contribution is -0.138. The van der Waals surface area contributed by atoms with Crippen molar-refractivity contribution in [3.05, 3.63) is 0 Å². The van der Waals surface area contributed by atoms with Crippen LogP contribution in [0.5, 0.6) is 0 Å². The molecular weight excluding hydrogens is 256 g/mol. The maximum absolute atomic E-state index is 12.6. The van der Waals surface area contributed by atoms with Gasteiger partial charge >= 0.3 is 12.0 Å². The van der Waals surface area contributed by atoms with E-state index in [9.17, 15) is 9.59 Å². The first-order chi connectivity index (χ1) is 9.61. The number of carboxylic acids is 1. The molecular formula is C15H26N2O3. The number of nitrogens with zero attached hydrogens (tertiary/aromatic N) is 2. The van der Waals surface area contributed by atoms with Gasteiger partial charge in [-0.15, -0.1) is 0 Å². The normalized spacial score (nSPS) is 21.1. The summed E-state index contributed by atoms with van der Waals surface area (Å²) in [7, 11) is 0. The molecule has 2 fully saturated rings. The molecule has 2 rings (SSSR count). The highest BCUT2D eigenvalue weighted by Gasteiger charge is 2.32. The summed E-state index contributed by atoms with van der Waals surface area (Å²) in [5, 5.41) is 9.06. The van der Waals surface area contributed by atoms with Crippen molar-refractivity contribution in [3.8, 4) is 0 Å². The molecule has 0 unspecified atom stereocenters. The molecule has 1 N–H and O–H groups in total. The van der Waals surface area contributed by atoms with Crippen molar-refractivity contribution in [2.24, 2.45) is 5.92 Å². The van der Waals surface area contributed by atoms with Gasteiger partial charge in [-0.3, -0.25) is 4.79 Å². The molecule has 1 saturated carbocycles. The Morgan fingerprint density at radius 2 is 1.75 bits per heavy atom. The molecule has 0 aromatic carbocycles. The summed E-state index contributed by atoms with van der Waals surface area (Å²) in [6.07, 6.45) is 7.37. The maximum atomic E-state index is 12.6. The molecule has 114 valence electrons. The Kier molecular flexibility index (Phi) is 5.26. The van der Waals surface area contributed by atoms with Crippen LogP contribution in [0.25, 0.3) is 0 Å². The van der Waals surface area contributed by atoms with Crippen LogP contribution in [0.4, 0.5) is 4.79 Å². The number of carbonyl (C=O) groups is 2. The van der Waals surface area contributed by atoms with E-state index in [0.29, 0.717) is 0 Å². The summed E-state index contributed by atoms with van der Waals surface area (Å²) in [4.78, 5) is 27.1. The van der Waals surface area contributed by atoms with E-state index in [0.717, 1.165) is 57.5 Å². The van der Waals surface area contributed by atoms with Crippen LogP contribution in [0.2, 0.25) is 0 Å². The molecule has 0 aromatic heterocycles. The molecule has 2 amide bonds. The van der Waals surface area contributed by atoms with Crippen LogP contribution in [0.1, 0.15) is 51.9 Å². The Morgan fingerprint density at radius 3 is 2.25 bits per heavy atom. The number of rotatable bonds is 4. The van der Waals surface area contributed by atoms with Gasteiger partial charge in [0, 0.05) is 19.1 Å². The van der Waals surface area contributed by atoms with E-state index in [4.69, 9.17) is 5.11 Å². The van der Waals surface area contributed by atoms with Crippen LogP contribution in [0.15, 0.2) is 0 Å². The fourth-order valence-electron chi connectivity index (χ4n) is 3.43. The average Bonchev–Trinajstić information content (AvgIpc) is 2.98. The molecule has 1 heterocycles. The van der Waals surface area contributed by atoms with E-state index in [1.165, 1.54) is 6.42 Å². The van der Waals surface area contributed by atoms with Gasteiger partial charge in [0.05, 0.1) is 0 Å². The Hall–Kier alpha value is -1.26. The topological polar surface area (TPSA) is 60.9 Å². The zero-order chi connectivity index (χ0) is 14.5. The lowest BCUT2D eigenvalue weighted by Crippen LogP contribution is -2.51. The first-order valence-electron chi connectivity index (χ1n) is 7.89. The molecule has 0 aromatic rings. The fourth-order valence-corrected chi connectivity index (χ4v) is 3.43. The number of aliphatic carboxylic acids is 1. The quantitative estimate of drug-likeness (QED) is 0.862. The highest BCUT2D eigenvalue weighted by atomic mass is 16.4. The minimum Gasteiger partial charge on any atom is -0.480 e. The summed E-state index contributed by atoms with van der Waals surface area (Å²) < 4.78 is 0. The summed E-state index contributed by atoms with van der Waals surface area (Å²) in [5.74, 6) is -0.188. The summed E-state index contributed by atoms with van der Waals surface area (Å²) in [6.45, 7) is 3.59. The fraction of sp³-hybridized carbons (Fsp3) is 0.867.